The monoisotopic (exact) mass is 394 g/mol. The minimum Gasteiger partial charge on any atom is -0.352 e. The van der Waals surface area contributed by atoms with E-state index < -0.39 is 0 Å². The van der Waals surface area contributed by atoms with Crippen LogP contribution in [0.5, 0.6) is 0 Å². The van der Waals surface area contributed by atoms with E-state index in [9.17, 15) is 9.59 Å². The Bertz CT molecular complexity index is 814. The number of piperidine rings is 1. The highest BCUT2D eigenvalue weighted by Crippen LogP contribution is 2.35. The van der Waals surface area contributed by atoms with Gasteiger partial charge in [0.05, 0.1) is 6.33 Å². The third-order valence-electron chi connectivity index (χ3n) is 6.34. The third-order valence-corrected chi connectivity index (χ3v) is 6.34. The zero-order valence-electron chi connectivity index (χ0n) is 16.9. The summed E-state index contributed by atoms with van der Waals surface area (Å²) in [6, 6.07) is 7.54. The molecule has 2 heterocycles. The van der Waals surface area contributed by atoms with Gasteiger partial charge in [-0.15, -0.1) is 0 Å². The first kappa shape index (κ1) is 19.7. The van der Waals surface area contributed by atoms with Gasteiger partial charge in [0.25, 0.3) is 11.8 Å². The molecule has 0 bridgehead atoms. The molecule has 4 rings (SSSR count). The molecule has 1 aromatic heterocycles. The molecule has 1 saturated heterocycles. The average molecular weight is 395 g/mol. The summed E-state index contributed by atoms with van der Waals surface area (Å²) in [5.74, 6) is 0.697. The van der Waals surface area contributed by atoms with Crippen molar-refractivity contribution in [2.45, 2.75) is 57.5 Å². The molecule has 1 saturated carbocycles. The average Bonchev–Trinajstić information content (AvgIpc) is 3.29. The molecule has 1 aliphatic carbocycles. The van der Waals surface area contributed by atoms with E-state index in [0.717, 1.165) is 32.4 Å². The number of nitrogens with one attached hydrogen (secondary N) is 1. The minimum absolute atomic E-state index is 0.0973. The third kappa shape index (κ3) is 4.69. The molecule has 2 fully saturated rings. The highest BCUT2D eigenvalue weighted by molar-refractivity contribution is 5.98. The molecule has 6 heteroatoms. The van der Waals surface area contributed by atoms with Gasteiger partial charge < -0.3 is 14.8 Å². The first-order chi connectivity index (χ1) is 14.2. The summed E-state index contributed by atoms with van der Waals surface area (Å²) in [6.45, 7) is 2.29. The van der Waals surface area contributed by atoms with Gasteiger partial charge in [-0.25, -0.2) is 4.98 Å². The maximum atomic E-state index is 13.1. The van der Waals surface area contributed by atoms with Crippen molar-refractivity contribution in [2.75, 3.05) is 13.1 Å². The molecule has 29 heavy (non-hydrogen) atoms. The van der Waals surface area contributed by atoms with Crippen LogP contribution in [-0.2, 0) is 6.54 Å². The summed E-state index contributed by atoms with van der Waals surface area (Å²) >= 11 is 0. The van der Waals surface area contributed by atoms with E-state index in [1.54, 1.807) is 36.8 Å². The van der Waals surface area contributed by atoms with E-state index in [1.807, 2.05) is 10.8 Å². The molecule has 2 aliphatic rings. The predicted molar refractivity (Wildman–Crippen MR) is 112 cm³/mol. The lowest BCUT2D eigenvalue weighted by Crippen LogP contribution is -2.49. The Morgan fingerprint density at radius 3 is 2.59 bits per heavy atom. The van der Waals surface area contributed by atoms with E-state index in [2.05, 4.69) is 15.2 Å². The van der Waals surface area contributed by atoms with Crippen LogP contribution in [0.15, 0.2) is 43.0 Å². The standard InChI is InChI=1S/C23H30N4O2/c28-22(25-12-4-14-26-16-13-24-17-26)19-8-10-20(11-9-19)23(29)27-15-3-6-18-5-1-2-7-21(18)27/h8-11,13,16-18,21H,1-7,12,14-15H2,(H,25,28). The van der Waals surface area contributed by atoms with Crippen LogP contribution in [0.1, 0.15) is 65.7 Å². The Kier molecular flexibility index (Phi) is 6.27. The quantitative estimate of drug-likeness (QED) is 0.763. The van der Waals surface area contributed by atoms with E-state index >= 15 is 0 Å². The zero-order chi connectivity index (χ0) is 20.1. The molecule has 6 nitrogen and oxygen atoms in total. The molecule has 2 unspecified atom stereocenters. The van der Waals surface area contributed by atoms with Crippen molar-refractivity contribution in [1.29, 1.82) is 0 Å². The second-order valence-corrected chi connectivity index (χ2v) is 8.24. The summed E-state index contributed by atoms with van der Waals surface area (Å²) in [7, 11) is 0. The van der Waals surface area contributed by atoms with Gasteiger partial charge >= 0.3 is 0 Å². The van der Waals surface area contributed by atoms with Crippen molar-refractivity contribution in [3.05, 3.63) is 54.1 Å². The molecule has 1 N–H and O–H groups in total. The molecule has 2 aromatic rings. The number of fused-ring (bicyclic) bond motifs is 1. The van der Waals surface area contributed by atoms with Crippen LogP contribution in [0.2, 0.25) is 0 Å². The number of rotatable bonds is 6. The van der Waals surface area contributed by atoms with Crippen molar-refractivity contribution in [2.24, 2.45) is 5.92 Å². The van der Waals surface area contributed by atoms with Gasteiger partial charge in [0.2, 0.25) is 0 Å². The Hall–Kier alpha value is -2.63. The van der Waals surface area contributed by atoms with Crippen LogP contribution < -0.4 is 5.32 Å². The number of amides is 2. The Morgan fingerprint density at radius 1 is 1.03 bits per heavy atom. The highest BCUT2D eigenvalue weighted by atomic mass is 16.2. The van der Waals surface area contributed by atoms with Crippen LogP contribution in [0, 0.1) is 5.92 Å². The minimum atomic E-state index is -0.0973. The molecule has 2 amide bonds. The van der Waals surface area contributed by atoms with E-state index in [1.165, 1.54) is 25.7 Å². The SMILES string of the molecule is O=C(NCCCn1ccnc1)c1ccc(C(=O)N2CCCC3CCCCC32)cc1. The second-order valence-electron chi connectivity index (χ2n) is 8.24. The topological polar surface area (TPSA) is 67.2 Å². The summed E-state index contributed by atoms with van der Waals surface area (Å²) < 4.78 is 1.99. The Balaban J connectivity index is 1.31. The summed E-state index contributed by atoms with van der Waals surface area (Å²) in [5.41, 5.74) is 1.28. The maximum absolute atomic E-state index is 13.1. The van der Waals surface area contributed by atoms with E-state index in [-0.39, 0.29) is 11.8 Å². The maximum Gasteiger partial charge on any atom is 0.254 e. The van der Waals surface area contributed by atoms with Crippen LogP contribution in [-0.4, -0.2) is 45.4 Å². The Labute approximate surface area is 172 Å². The number of nitrogens with zero attached hydrogens (tertiary/aromatic N) is 3. The first-order valence-corrected chi connectivity index (χ1v) is 10.9. The number of aryl methyl sites for hydroxylation is 1. The number of carbonyl (C=O) groups is 2. The van der Waals surface area contributed by atoms with Crippen LogP contribution in [0.25, 0.3) is 0 Å². The zero-order valence-corrected chi connectivity index (χ0v) is 16.9. The molecule has 0 radical (unpaired) electrons. The van der Waals surface area contributed by atoms with Gasteiger partial charge in [-0.3, -0.25) is 9.59 Å². The normalized spacial score (nSPS) is 21.4. The number of aromatic nitrogens is 2. The lowest BCUT2D eigenvalue weighted by Gasteiger charge is -2.44. The summed E-state index contributed by atoms with van der Waals surface area (Å²) in [4.78, 5) is 31.5. The fourth-order valence-electron chi connectivity index (χ4n) is 4.79. The molecule has 1 aliphatic heterocycles. The fraction of sp³-hybridized carbons (Fsp3) is 0.522. The van der Waals surface area contributed by atoms with Crippen LogP contribution in [0.3, 0.4) is 0 Å². The van der Waals surface area contributed by atoms with Gasteiger partial charge in [0.15, 0.2) is 0 Å². The largest absolute Gasteiger partial charge is 0.352 e. The predicted octanol–water partition coefficient (Wildman–Crippen LogP) is 3.50. The summed E-state index contributed by atoms with van der Waals surface area (Å²) in [6.07, 6.45) is 13.6. The van der Waals surface area contributed by atoms with Crippen LogP contribution in [0.4, 0.5) is 0 Å². The van der Waals surface area contributed by atoms with Gasteiger partial charge in [0, 0.05) is 49.2 Å². The van der Waals surface area contributed by atoms with Crippen molar-refractivity contribution in [1.82, 2.24) is 19.8 Å². The number of likely N-dealkylation sites (tertiary alicyclic amines) is 1. The van der Waals surface area contributed by atoms with Crippen LogP contribution >= 0.6 is 0 Å². The second kappa shape index (κ2) is 9.25. The smallest absolute Gasteiger partial charge is 0.254 e. The van der Waals surface area contributed by atoms with Gasteiger partial charge in [-0.2, -0.15) is 0 Å². The molecule has 154 valence electrons. The Morgan fingerprint density at radius 2 is 1.79 bits per heavy atom. The van der Waals surface area contributed by atoms with E-state index in [0.29, 0.717) is 29.6 Å². The van der Waals surface area contributed by atoms with Gasteiger partial charge in [-0.05, 0) is 62.3 Å². The highest BCUT2D eigenvalue weighted by Gasteiger charge is 2.35. The fourth-order valence-corrected chi connectivity index (χ4v) is 4.79. The molecule has 0 spiro atoms. The first-order valence-electron chi connectivity index (χ1n) is 10.9. The number of carbonyl (C=O) groups excluding carboxylic acids is 2. The molecule has 1 aromatic carbocycles. The van der Waals surface area contributed by atoms with E-state index in [4.69, 9.17) is 0 Å². The lowest BCUT2D eigenvalue weighted by molar-refractivity contribution is 0.0390. The van der Waals surface area contributed by atoms with Crippen molar-refractivity contribution >= 4 is 11.8 Å². The number of hydrogen-bond donors (Lipinski definition) is 1. The van der Waals surface area contributed by atoms with Crippen molar-refractivity contribution < 1.29 is 9.59 Å². The molecular weight excluding hydrogens is 364 g/mol. The van der Waals surface area contributed by atoms with Gasteiger partial charge in [0.1, 0.15) is 0 Å². The lowest BCUT2D eigenvalue weighted by atomic mass is 9.78. The molecular formula is C23H30N4O2. The van der Waals surface area contributed by atoms with Crippen molar-refractivity contribution in [3.8, 4) is 0 Å². The number of imidazole rings is 1. The number of benzene rings is 1. The number of hydrogen-bond acceptors (Lipinski definition) is 3. The summed E-state index contributed by atoms with van der Waals surface area (Å²) in [5, 5.41) is 2.94. The van der Waals surface area contributed by atoms with Gasteiger partial charge in [-0.1, -0.05) is 12.8 Å². The van der Waals surface area contributed by atoms with Crippen molar-refractivity contribution in [3.63, 3.8) is 0 Å². The molecule has 2 atom stereocenters.